The van der Waals surface area contributed by atoms with E-state index in [0.717, 1.165) is 30.3 Å². The van der Waals surface area contributed by atoms with Gasteiger partial charge in [-0.05, 0) is 48.9 Å². The van der Waals surface area contributed by atoms with E-state index in [1.165, 1.54) is 24.3 Å². The van der Waals surface area contributed by atoms with Crippen molar-refractivity contribution in [2.75, 3.05) is 5.32 Å². The van der Waals surface area contributed by atoms with Crippen molar-refractivity contribution in [3.63, 3.8) is 0 Å². The number of aryl methyl sites for hydroxylation is 1. The first kappa shape index (κ1) is 21.8. The second kappa shape index (κ2) is 8.44. The molecule has 1 N–H and O–H groups in total. The van der Waals surface area contributed by atoms with E-state index in [0.29, 0.717) is 5.56 Å². The number of amides is 1. The number of anilines is 1. The first-order chi connectivity index (χ1) is 14.6. The monoisotopic (exact) mass is 432 g/mol. The summed E-state index contributed by atoms with van der Waals surface area (Å²) in [6, 6.07) is 11.5. The van der Waals surface area contributed by atoms with E-state index in [1.54, 1.807) is 13.0 Å². The average molecular weight is 432 g/mol. The summed E-state index contributed by atoms with van der Waals surface area (Å²) in [5.41, 5.74) is -1.45. The van der Waals surface area contributed by atoms with Crippen LogP contribution in [0.3, 0.4) is 0 Å². The molecule has 0 bridgehead atoms. The largest absolute Gasteiger partial charge is 0.457 e. The van der Waals surface area contributed by atoms with Gasteiger partial charge in [0.05, 0.1) is 16.8 Å². The fraction of sp³-hybridized carbons (Fsp3) is 0.0909. The lowest BCUT2D eigenvalue weighted by Gasteiger charge is -2.14. The highest BCUT2D eigenvalue weighted by atomic mass is 19.4. The van der Waals surface area contributed by atoms with Gasteiger partial charge in [0.1, 0.15) is 34.8 Å². The second-order valence-corrected chi connectivity index (χ2v) is 6.45. The molecule has 9 heteroatoms. The van der Waals surface area contributed by atoms with Crippen molar-refractivity contribution >= 4 is 11.6 Å². The summed E-state index contributed by atoms with van der Waals surface area (Å²) >= 11 is 0. The Morgan fingerprint density at radius 3 is 2.32 bits per heavy atom. The summed E-state index contributed by atoms with van der Waals surface area (Å²) in [4.78, 5) is 12.2. The van der Waals surface area contributed by atoms with E-state index in [2.05, 4.69) is 5.32 Å². The molecular weight excluding hydrogens is 419 g/mol. The third-order valence-corrected chi connectivity index (χ3v) is 4.29. The molecule has 4 nitrogen and oxygen atoms in total. The maximum Gasteiger partial charge on any atom is 0.416 e. The van der Waals surface area contributed by atoms with Gasteiger partial charge >= 0.3 is 6.18 Å². The van der Waals surface area contributed by atoms with Gasteiger partial charge in [0, 0.05) is 6.07 Å². The first-order valence-corrected chi connectivity index (χ1v) is 8.75. The van der Waals surface area contributed by atoms with Crippen LogP contribution in [0.1, 0.15) is 27.0 Å². The third kappa shape index (κ3) is 4.80. The van der Waals surface area contributed by atoms with Crippen LogP contribution in [0.25, 0.3) is 0 Å². The molecule has 3 aromatic rings. The zero-order chi connectivity index (χ0) is 22.8. The topological polar surface area (TPSA) is 62.1 Å². The maximum absolute atomic E-state index is 13.8. The number of halogens is 5. The standard InChI is InChI=1S/C22H13F5N2O2/c1-12-5-6-14(22(25,26)27)10-19(12)31-15-7-8-18(13(9-15)11-28)29-21(30)20-16(23)3-2-4-17(20)24/h2-10H,1H3,(H,29,30). The molecule has 31 heavy (non-hydrogen) atoms. The molecule has 0 saturated heterocycles. The van der Waals surface area contributed by atoms with Crippen LogP contribution in [0.5, 0.6) is 11.5 Å². The van der Waals surface area contributed by atoms with Crippen LogP contribution in [0.4, 0.5) is 27.6 Å². The number of benzene rings is 3. The van der Waals surface area contributed by atoms with Gasteiger partial charge in [-0.25, -0.2) is 8.78 Å². The molecule has 0 aliphatic heterocycles. The Bertz CT molecular complexity index is 1180. The van der Waals surface area contributed by atoms with Crippen LogP contribution >= 0.6 is 0 Å². The van der Waals surface area contributed by atoms with Gasteiger partial charge in [-0.2, -0.15) is 18.4 Å². The van der Waals surface area contributed by atoms with Crippen molar-refractivity contribution in [1.82, 2.24) is 0 Å². The van der Waals surface area contributed by atoms with E-state index in [4.69, 9.17) is 4.74 Å². The molecular formula is C22H13F5N2O2. The van der Waals surface area contributed by atoms with Crippen LogP contribution < -0.4 is 10.1 Å². The van der Waals surface area contributed by atoms with Gasteiger partial charge in [0.15, 0.2) is 0 Å². The predicted molar refractivity (Wildman–Crippen MR) is 102 cm³/mol. The molecule has 1 amide bonds. The van der Waals surface area contributed by atoms with Gasteiger partial charge in [-0.1, -0.05) is 12.1 Å². The summed E-state index contributed by atoms with van der Waals surface area (Å²) in [7, 11) is 0. The Hall–Kier alpha value is -3.93. The Labute approximate surface area is 173 Å². The lowest BCUT2D eigenvalue weighted by atomic mass is 10.1. The van der Waals surface area contributed by atoms with Crippen LogP contribution in [-0.4, -0.2) is 5.91 Å². The van der Waals surface area contributed by atoms with Crippen molar-refractivity contribution in [3.05, 3.63) is 88.5 Å². The van der Waals surface area contributed by atoms with E-state index in [9.17, 15) is 32.0 Å². The summed E-state index contributed by atoms with van der Waals surface area (Å²) in [5, 5.41) is 11.6. The number of nitriles is 1. The number of hydrogen-bond donors (Lipinski definition) is 1. The molecule has 3 aromatic carbocycles. The molecule has 0 aromatic heterocycles. The second-order valence-electron chi connectivity index (χ2n) is 6.45. The molecule has 0 spiro atoms. The summed E-state index contributed by atoms with van der Waals surface area (Å²) in [6.45, 7) is 1.55. The van der Waals surface area contributed by atoms with Gasteiger partial charge in [-0.15, -0.1) is 0 Å². The Morgan fingerprint density at radius 1 is 1.03 bits per heavy atom. The molecule has 0 unspecified atom stereocenters. The number of rotatable bonds is 4. The highest BCUT2D eigenvalue weighted by molar-refractivity contribution is 6.05. The van der Waals surface area contributed by atoms with Crippen molar-refractivity contribution in [2.24, 2.45) is 0 Å². The SMILES string of the molecule is Cc1ccc(C(F)(F)F)cc1Oc1ccc(NC(=O)c2c(F)cccc2F)c(C#N)c1. The minimum atomic E-state index is -4.56. The van der Waals surface area contributed by atoms with Crippen LogP contribution in [0.2, 0.25) is 0 Å². The van der Waals surface area contributed by atoms with Crippen LogP contribution in [-0.2, 0) is 6.18 Å². The molecule has 0 aliphatic rings. The summed E-state index contributed by atoms with van der Waals surface area (Å²) in [6.07, 6.45) is -4.56. The lowest BCUT2D eigenvalue weighted by molar-refractivity contribution is -0.137. The van der Waals surface area contributed by atoms with Crippen molar-refractivity contribution in [1.29, 1.82) is 5.26 Å². The Morgan fingerprint density at radius 2 is 1.71 bits per heavy atom. The van der Waals surface area contributed by atoms with E-state index < -0.39 is 34.8 Å². The van der Waals surface area contributed by atoms with Gasteiger partial charge < -0.3 is 10.1 Å². The summed E-state index contributed by atoms with van der Waals surface area (Å²) < 4.78 is 71.9. The van der Waals surface area contributed by atoms with Crippen molar-refractivity contribution in [3.8, 4) is 17.6 Å². The Kier molecular flexibility index (Phi) is 5.92. The highest BCUT2D eigenvalue weighted by Gasteiger charge is 2.31. The molecule has 0 atom stereocenters. The molecule has 3 rings (SSSR count). The fourth-order valence-electron chi connectivity index (χ4n) is 2.70. The first-order valence-electron chi connectivity index (χ1n) is 8.75. The Balaban J connectivity index is 1.88. The van der Waals surface area contributed by atoms with Gasteiger partial charge in [0.2, 0.25) is 0 Å². The maximum atomic E-state index is 13.8. The van der Waals surface area contributed by atoms with E-state index in [1.807, 2.05) is 0 Å². The zero-order valence-corrected chi connectivity index (χ0v) is 15.8. The number of ether oxygens (including phenoxy) is 1. The molecule has 0 aliphatic carbocycles. The van der Waals surface area contributed by atoms with E-state index >= 15 is 0 Å². The number of nitrogens with zero attached hydrogens (tertiary/aromatic N) is 1. The molecule has 0 heterocycles. The molecule has 0 radical (unpaired) electrons. The third-order valence-electron chi connectivity index (χ3n) is 4.29. The summed E-state index contributed by atoms with van der Waals surface area (Å²) in [5.74, 6) is -3.28. The molecule has 0 fully saturated rings. The minimum Gasteiger partial charge on any atom is -0.457 e. The smallest absolute Gasteiger partial charge is 0.416 e. The normalized spacial score (nSPS) is 11.0. The zero-order valence-electron chi connectivity index (χ0n) is 15.8. The van der Waals surface area contributed by atoms with Crippen LogP contribution in [0, 0.1) is 29.9 Å². The number of hydrogen-bond acceptors (Lipinski definition) is 3. The van der Waals surface area contributed by atoms with Crippen LogP contribution in [0.15, 0.2) is 54.6 Å². The number of carbonyl (C=O) groups excluding carboxylic acids is 1. The van der Waals surface area contributed by atoms with Crippen molar-refractivity contribution < 1.29 is 31.5 Å². The number of nitrogens with one attached hydrogen (secondary N) is 1. The van der Waals surface area contributed by atoms with E-state index in [-0.39, 0.29) is 22.7 Å². The highest BCUT2D eigenvalue weighted by Crippen LogP contribution is 2.35. The fourth-order valence-corrected chi connectivity index (χ4v) is 2.70. The molecule has 0 saturated carbocycles. The predicted octanol–water partition coefficient (Wildman–Crippen LogP) is 6.21. The van der Waals surface area contributed by atoms with Gasteiger partial charge in [0.25, 0.3) is 5.91 Å². The van der Waals surface area contributed by atoms with Gasteiger partial charge in [-0.3, -0.25) is 4.79 Å². The average Bonchev–Trinajstić information content (AvgIpc) is 2.69. The quantitative estimate of drug-likeness (QED) is 0.499. The molecule has 158 valence electrons. The minimum absolute atomic E-state index is 0.0362. The van der Waals surface area contributed by atoms with Crippen molar-refractivity contribution in [2.45, 2.75) is 13.1 Å². The lowest BCUT2D eigenvalue weighted by Crippen LogP contribution is -2.16. The number of alkyl halides is 3. The number of carbonyl (C=O) groups is 1.